The Labute approximate surface area is 189 Å². The normalized spacial score (nSPS) is 20.9. The van der Waals surface area contributed by atoms with Gasteiger partial charge >= 0.3 is 17.8 Å². The number of thioether (sulfide) groups is 1. The number of fused-ring (bicyclic) bond motifs is 8. The number of benzene rings is 2. The lowest BCUT2D eigenvalue weighted by molar-refractivity contribution is -0.254. The molecule has 3 aromatic rings. The number of hydrogen-bond donors (Lipinski definition) is 0. The van der Waals surface area contributed by atoms with Gasteiger partial charge in [-0.1, -0.05) is 30.3 Å². The van der Waals surface area contributed by atoms with Gasteiger partial charge in [-0.2, -0.15) is 38.1 Å². The SMILES string of the molecule is Cc1sc2c(C)c1CSCc1cc3ccccc3c(c1C)C1=C2C(F)(F)C(F)(F)C1(F)F. The lowest BCUT2D eigenvalue weighted by Gasteiger charge is -2.26. The minimum absolute atomic E-state index is 0.175. The van der Waals surface area contributed by atoms with Crippen molar-refractivity contribution in [2.24, 2.45) is 0 Å². The van der Waals surface area contributed by atoms with Gasteiger partial charge in [0.05, 0.1) is 5.57 Å². The van der Waals surface area contributed by atoms with Gasteiger partial charge in [-0.15, -0.1) is 11.3 Å². The molecule has 168 valence electrons. The van der Waals surface area contributed by atoms with E-state index in [4.69, 9.17) is 0 Å². The van der Waals surface area contributed by atoms with Gasteiger partial charge in [0.25, 0.3) is 0 Å². The Bertz CT molecular complexity index is 1320. The lowest BCUT2D eigenvalue weighted by atomic mass is 9.87. The van der Waals surface area contributed by atoms with Gasteiger partial charge in [-0.05, 0) is 59.4 Å². The first-order valence-electron chi connectivity index (χ1n) is 9.98. The molecule has 5 rings (SSSR count). The molecule has 4 bridgehead atoms. The maximum Gasteiger partial charge on any atom is 0.380 e. The molecule has 0 saturated heterocycles. The van der Waals surface area contributed by atoms with E-state index in [1.807, 2.05) is 6.07 Å². The summed E-state index contributed by atoms with van der Waals surface area (Å²) in [5.74, 6) is -14.7. The molecule has 0 unspecified atom stereocenters. The molecule has 0 N–H and O–H groups in total. The Morgan fingerprint density at radius 3 is 2.19 bits per heavy atom. The second-order valence-corrected chi connectivity index (χ2v) is 10.5. The minimum Gasteiger partial charge on any atom is -0.194 e. The average molecular weight is 485 g/mol. The number of halogens is 6. The zero-order valence-electron chi connectivity index (χ0n) is 17.4. The molecule has 0 fully saturated rings. The van der Waals surface area contributed by atoms with Crippen molar-refractivity contribution in [3.8, 4) is 0 Å². The van der Waals surface area contributed by atoms with E-state index in [0.29, 0.717) is 38.5 Å². The van der Waals surface area contributed by atoms with Crippen molar-refractivity contribution in [3.63, 3.8) is 0 Å². The maximum absolute atomic E-state index is 15.4. The van der Waals surface area contributed by atoms with Gasteiger partial charge < -0.3 is 0 Å². The highest BCUT2D eigenvalue weighted by Crippen LogP contribution is 2.66. The van der Waals surface area contributed by atoms with Gasteiger partial charge in [-0.3, -0.25) is 0 Å². The van der Waals surface area contributed by atoms with E-state index >= 15 is 17.6 Å². The summed E-state index contributed by atoms with van der Waals surface area (Å²) in [4.78, 5) is 0.503. The highest BCUT2D eigenvalue weighted by atomic mass is 32.2. The van der Waals surface area contributed by atoms with Crippen LogP contribution in [0.5, 0.6) is 0 Å². The molecular formula is C24H18F6S2. The molecule has 1 aliphatic carbocycles. The summed E-state index contributed by atoms with van der Waals surface area (Å²) in [6, 6.07) is 8.36. The summed E-state index contributed by atoms with van der Waals surface area (Å²) < 4.78 is 91.0. The quantitative estimate of drug-likeness (QED) is 0.289. The Morgan fingerprint density at radius 2 is 1.47 bits per heavy atom. The van der Waals surface area contributed by atoms with Crippen LogP contribution in [-0.4, -0.2) is 17.8 Å². The molecule has 0 radical (unpaired) electrons. The molecule has 1 aliphatic heterocycles. The van der Waals surface area contributed by atoms with Crippen molar-refractivity contribution in [1.82, 2.24) is 0 Å². The monoisotopic (exact) mass is 484 g/mol. The lowest BCUT2D eigenvalue weighted by Crippen LogP contribution is -2.49. The van der Waals surface area contributed by atoms with Crippen LogP contribution in [0.15, 0.2) is 30.3 Å². The number of rotatable bonds is 0. The maximum atomic E-state index is 15.4. The molecule has 0 spiro atoms. The Hall–Kier alpha value is -1.93. The van der Waals surface area contributed by atoms with E-state index in [9.17, 15) is 8.78 Å². The molecule has 1 aromatic heterocycles. The second kappa shape index (κ2) is 6.79. The first-order valence-corrected chi connectivity index (χ1v) is 12.0. The van der Waals surface area contributed by atoms with E-state index in [2.05, 4.69) is 0 Å². The molecule has 2 aliphatic rings. The highest BCUT2D eigenvalue weighted by molar-refractivity contribution is 7.97. The Kier molecular flexibility index (Phi) is 4.65. The summed E-state index contributed by atoms with van der Waals surface area (Å²) in [6.07, 6.45) is 0. The molecule has 8 heteroatoms. The van der Waals surface area contributed by atoms with Crippen molar-refractivity contribution >= 4 is 45.0 Å². The minimum atomic E-state index is -5.54. The zero-order chi connectivity index (χ0) is 23.2. The standard InChI is InChI=1S/C24H18F6S2/c1-11-15-8-14-6-4-5-7-16(14)18(11)19-20(23(27,28)24(29,30)22(19,25)26)21-12(2)17(10-31-9-15)13(3)32-21/h4-8H,9-10H2,1-3H3. The molecule has 0 saturated carbocycles. The number of hydrogen-bond acceptors (Lipinski definition) is 2. The van der Waals surface area contributed by atoms with Crippen molar-refractivity contribution in [2.75, 3.05) is 0 Å². The summed E-state index contributed by atoms with van der Waals surface area (Å²) in [7, 11) is 0. The summed E-state index contributed by atoms with van der Waals surface area (Å²) in [6.45, 7) is 4.83. The van der Waals surface area contributed by atoms with Crippen LogP contribution < -0.4 is 0 Å². The van der Waals surface area contributed by atoms with Crippen molar-refractivity contribution in [1.29, 1.82) is 0 Å². The predicted octanol–water partition coefficient (Wildman–Crippen LogP) is 8.40. The van der Waals surface area contributed by atoms with E-state index in [-0.39, 0.29) is 15.8 Å². The van der Waals surface area contributed by atoms with Gasteiger partial charge in [0.15, 0.2) is 0 Å². The third kappa shape index (κ3) is 2.59. The van der Waals surface area contributed by atoms with Crippen molar-refractivity contribution in [3.05, 3.63) is 67.9 Å². The third-order valence-electron chi connectivity index (χ3n) is 6.54. The summed E-state index contributed by atoms with van der Waals surface area (Å²) in [5.41, 5.74) is -0.553. The van der Waals surface area contributed by atoms with Gasteiger partial charge in [0.1, 0.15) is 0 Å². The molecule has 32 heavy (non-hydrogen) atoms. The predicted molar refractivity (Wildman–Crippen MR) is 119 cm³/mol. The first-order chi connectivity index (χ1) is 14.9. The third-order valence-corrected chi connectivity index (χ3v) is 8.81. The second-order valence-electron chi connectivity index (χ2n) is 8.31. The molecular weight excluding hydrogens is 466 g/mol. The number of aryl methyl sites for hydroxylation is 1. The molecule has 2 heterocycles. The fraction of sp³-hybridized carbons (Fsp3) is 0.333. The molecule has 0 atom stereocenters. The van der Waals surface area contributed by atoms with E-state index in [1.165, 1.54) is 6.07 Å². The van der Waals surface area contributed by atoms with Crippen LogP contribution >= 0.6 is 23.1 Å². The van der Waals surface area contributed by atoms with Crippen molar-refractivity contribution in [2.45, 2.75) is 50.0 Å². The fourth-order valence-corrected chi connectivity index (χ4v) is 7.36. The Morgan fingerprint density at radius 1 is 0.812 bits per heavy atom. The van der Waals surface area contributed by atoms with Crippen LogP contribution in [0.1, 0.15) is 37.6 Å². The number of thiophene rings is 1. The van der Waals surface area contributed by atoms with Crippen LogP contribution in [0.25, 0.3) is 21.9 Å². The fourth-order valence-electron chi connectivity index (χ4n) is 4.75. The van der Waals surface area contributed by atoms with Gasteiger partial charge in [0.2, 0.25) is 0 Å². The summed E-state index contributed by atoms with van der Waals surface area (Å²) in [5, 5.41) is 0.827. The first kappa shape index (κ1) is 21.9. The van der Waals surface area contributed by atoms with E-state index < -0.39 is 28.9 Å². The van der Waals surface area contributed by atoms with Crippen LogP contribution in [-0.2, 0) is 11.5 Å². The summed E-state index contributed by atoms with van der Waals surface area (Å²) >= 11 is 2.45. The van der Waals surface area contributed by atoms with E-state index in [0.717, 1.165) is 16.9 Å². The molecule has 2 aromatic carbocycles. The largest absolute Gasteiger partial charge is 0.380 e. The topological polar surface area (TPSA) is 0 Å². The number of alkyl halides is 6. The van der Waals surface area contributed by atoms with E-state index in [1.54, 1.807) is 50.7 Å². The average Bonchev–Trinajstić information content (AvgIpc) is 3.04. The van der Waals surface area contributed by atoms with Gasteiger partial charge in [-0.25, -0.2) is 0 Å². The van der Waals surface area contributed by atoms with Crippen LogP contribution in [0.4, 0.5) is 26.3 Å². The van der Waals surface area contributed by atoms with Crippen molar-refractivity contribution < 1.29 is 26.3 Å². The molecule has 0 amide bonds. The Balaban J connectivity index is 2.05. The van der Waals surface area contributed by atoms with Crippen LogP contribution in [0, 0.1) is 20.8 Å². The van der Waals surface area contributed by atoms with Crippen LogP contribution in [0.3, 0.4) is 0 Å². The smallest absolute Gasteiger partial charge is 0.194 e. The molecule has 0 nitrogen and oxygen atoms in total. The van der Waals surface area contributed by atoms with Crippen LogP contribution in [0.2, 0.25) is 0 Å². The highest BCUT2D eigenvalue weighted by Gasteiger charge is 2.80. The van der Waals surface area contributed by atoms with Gasteiger partial charge in [0, 0.05) is 26.8 Å². The zero-order valence-corrected chi connectivity index (χ0v) is 19.0. The number of allylic oxidation sites excluding steroid dienone is 2.